The van der Waals surface area contributed by atoms with Gasteiger partial charge in [0.15, 0.2) is 0 Å². The van der Waals surface area contributed by atoms with Crippen molar-refractivity contribution < 1.29 is 4.79 Å². The Labute approximate surface area is 132 Å². The van der Waals surface area contributed by atoms with E-state index in [1.54, 1.807) is 0 Å². The molecule has 0 spiro atoms. The second-order valence-electron chi connectivity index (χ2n) is 5.96. The molecule has 1 amide bonds. The first-order chi connectivity index (χ1) is 10.1. The lowest BCUT2D eigenvalue weighted by Gasteiger charge is -2.29. The largest absolute Gasteiger partial charge is 0.341 e. The van der Waals surface area contributed by atoms with Crippen LogP contribution in [0.25, 0.3) is 0 Å². The third kappa shape index (κ3) is 4.72. The molecule has 0 radical (unpaired) electrons. The van der Waals surface area contributed by atoms with E-state index in [9.17, 15) is 4.79 Å². The van der Waals surface area contributed by atoms with Crippen molar-refractivity contribution in [3.63, 3.8) is 0 Å². The average molecular weight is 309 g/mol. The van der Waals surface area contributed by atoms with Gasteiger partial charge >= 0.3 is 0 Å². The van der Waals surface area contributed by atoms with E-state index >= 15 is 0 Å². The molecular formula is C17H25ClN2O. The van der Waals surface area contributed by atoms with Crippen LogP contribution in [0.2, 0.25) is 5.02 Å². The minimum atomic E-state index is -0.0953. The quantitative estimate of drug-likeness (QED) is 0.849. The molecule has 0 aromatic heterocycles. The van der Waals surface area contributed by atoms with Crippen LogP contribution in [0.5, 0.6) is 0 Å². The van der Waals surface area contributed by atoms with Gasteiger partial charge in [-0.05, 0) is 44.5 Å². The second-order valence-corrected chi connectivity index (χ2v) is 6.40. The molecule has 0 bridgehead atoms. The van der Waals surface area contributed by atoms with Crippen molar-refractivity contribution in [3.8, 4) is 0 Å². The third-order valence-corrected chi connectivity index (χ3v) is 4.49. The highest BCUT2D eigenvalue weighted by atomic mass is 35.5. The Bertz CT molecular complexity index is 470. The summed E-state index contributed by atoms with van der Waals surface area (Å²) >= 11 is 6.02. The van der Waals surface area contributed by atoms with Crippen molar-refractivity contribution in [1.29, 1.82) is 0 Å². The molecule has 1 heterocycles. The number of carbonyl (C=O) groups excluding carboxylic acids is 1. The number of hydrogen-bond donors (Lipinski definition) is 0. The van der Waals surface area contributed by atoms with E-state index < -0.39 is 0 Å². The smallest absolute Gasteiger partial charge is 0.239 e. The Morgan fingerprint density at radius 2 is 1.95 bits per heavy atom. The first-order valence-corrected chi connectivity index (χ1v) is 8.19. The molecule has 0 saturated carbocycles. The van der Waals surface area contributed by atoms with Gasteiger partial charge in [-0.15, -0.1) is 0 Å². The van der Waals surface area contributed by atoms with Crippen molar-refractivity contribution >= 4 is 17.5 Å². The van der Waals surface area contributed by atoms with Gasteiger partial charge in [-0.25, -0.2) is 0 Å². The van der Waals surface area contributed by atoms with Crippen molar-refractivity contribution in [3.05, 3.63) is 34.9 Å². The summed E-state index contributed by atoms with van der Waals surface area (Å²) in [4.78, 5) is 16.7. The Hall–Kier alpha value is -1.06. The monoisotopic (exact) mass is 308 g/mol. The maximum Gasteiger partial charge on any atom is 0.239 e. The van der Waals surface area contributed by atoms with Crippen LogP contribution in [0.1, 0.15) is 38.2 Å². The fourth-order valence-corrected chi connectivity index (χ4v) is 3.02. The summed E-state index contributed by atoms with van der Waals surface area (Å²) in [5.74, 6) is 0.251. The van der Waals surface area contributed by atoms with E-state index in [1.807, 2.05) is 43.1 Å². The van der Waals surface area contributed by atoms with Gasteiger partial charge in [0.05, 0.1) is 6.04 Å². The number of halogens is 1. The minimum Gasteiger partial charge on any atom is -0.341 e. The highest BCUT2D eigenvalue weighted by molar-refractivity contribution is 6.30. The summed E-state index contributed by atoms with van der Waals surface area (Å²) in [6.07, 6.45) is 4.76. The van der Waals surface area contributed by atoms with Gasteiger partial charge < -0.3 is 4.90 Å². The molecule has 1 fully saturated rings. The highest BCUT2D eigenvalue weighted by Gasteiger charge is 2.24. The maximum atomic E-state index is 12.6. The number of likely N-dealkylation sites (N-methyl/N-ethyl adjacent to an activating group) is 1. The van der Waals surface area contributed by atoms with Crippen LogP contribution < -0.4 is 0 Å². The van der Waals surface area contributed by atoms with E-state index in [0.29, 0.717) is 0 Å². The molecule has 0 unspecified atom stereocenters. The molecule has 3 nitrogen and oxygen atoms in total. The lowest BCUT2D eigenvalue weighted by molar-refractivity contribution is -0.136. The van der Waals surface area contributed by atoms with E-state index in [0.717, 1.165) is 43.1 Å². The number of benzene rings is 1. The van der Waals surface area contributed by atoms with Crippen molar-refractivity contribution in [2.75, 3.05) is 20.1 Å². The Balaban J connectivity index is 1.94. The van der Waals surface area contributed by atoms with E-state index in [1.165, 1.54) is 12.8 Å². The van der Waals surface area contributed by atoms with E-state index in [2.05, 4.69) is 4.90 Å². The fraction of sp³-hybridized carbons (Fsp3) is 0.588. The second kappa shape index (κ2) is 7.81. The molecule has 1 atom stereocenters. The molecule has 1 aromatic rings. The molecular weight excluding hydrogens is 284 g/mol. The standard InChI is InChI=1S/C17H25ClN2O/c1-14(17(21)20-10-5-3-4-6-11-20)19(2)13-15-8-7-9-16(18)12-15/h7-9,12,14H,3-6,10-11,13H2,1-2H3/t14-/m0/s1. The highest BCUT2D eigenvalue weighted by Crippen LogP contribution is 2.15. The van der Waals surface area contributed by atoms with Crippen molar-refractivity contribution in [2.45, 2.75) is 45.2 Å². The molecule has 21 heavy (non-hydrogen) atoms. The average Bonchev–Trinajstić information content (AvgIpc) is 2.74. The molecule has 1 aliphatic heterocycles. The zero-order valence-electron chi connectivity index (χ0n) is 13.0. The predicted octanol–water partition coefficient (Wildman–Crippen LogP) is 3.56. The molecule has 2 rings (SSSR count). The number of carbonyl (C=O) groups is 1. The Kier molecular flexibility index (Phi) is 6.07. The van der Waals surface area contributed by atoms with Crippen LogP contribution in [0.4, 0.5) is 0 Å². The molecule has 0 N–H and O–H groups in total. The number of nitrogens with zero attached hydrogens (tertiary/aromatic N) is 2. The fourth-order valence-electron chi connectivity index (χ4n) is 2.80. The van der Waals surface area contributed by atoms with Crippen LogP contribution in [0.15, 0.2) is 24.3 Å². The minimum absolute atomic E-state index is 0.0953. The summed E-state index contributed by atoms with van der Waals surface area (Å²) in [5.41, 5.74) is 1.14. The summed E-state index contributed by atoms with van der Waals surface area (Å²) in [6, 6.07) is 7.73. The molecule has 1 saturated heterocycles. The Morgan fingerprint density at radius 1 is 1.29 bits per heavy atom. The topological polar surface area (TPSA) is 23.6 Å². The third-order valence-electron chi connectivity index (χ3n) is 4.26. The summed E-state index contributed by atoms with van der Waals surface area (Å²) in [5, 5.41) is 0.743. The van der Waals surface area contributed by atoms with Gasteiger partial charge in [-0.3, -0.25) is 9.69 Å². The van der Waals surface area contributed by atoms with Gasteiger partial charge in [-0.2, -0.15) is 0 Å². The van der Waals surface area contributed by atoms with Crippen LogP contribution >= 0.6 is 11.6 Å². The van der Waals surface area contributed by atoms with Gasteiger partial charge in [0.2, 0.25) is 5.91 Å². The van der Waals surface area contributed by atoms with E-state index in [4.69, 9.17) is 11.6 Å². The van der Waals surface area contributed by atoms with Crippen LogP contribution in [-0.2, 0) is 11.3 Å². The lowest BCUT2D eigenvalue weighted by Crippen LogP contribution is -2.45. The van der Waals surface area contributed by atoms with E-state index in [-0.39, 0.29) is 11.9 Å². The maximum absolute atomic E-state index is 12.6. The normalized spacial score (nSPS) is 17.6. The number of likely N-dealkylation sites (tertiary alicyclic amines) is 1. The summed E-state index contributed by atoms with van der Waals surface area (Å²) in [7, 11) is 2.00. The van der Waals surface area contributed by atoms with Crippen molar-refractivity contribution in [2.24, 2.45) is 0 Å². The van der Waals surface area contributed by atoms with Gasteiger partial charge in [-0.1, -0.05) is 36.6 Å². The number of rotatable bonds is 4. The van der Waals surface area contributed by atoms with Gasteiger partial charge in [0, 0.05) is 24.7 Å². The summed E-state index contributed by atoms with van der Waals surface area (Å²) < 4.78 is 0. The van der Waals surface area contributed by atoms with Crippen LogP contribution in [0, 0.1) is 0 Å². The molecule has 0 aliphatic carbocycles. The van der Waals surface area contributed by atoms with Crippen LogP contribution in [-0.4, -0.2) is 41.9 Å². The number of amides is 1. The van der Waals surface area contributed by atoms with Crippen LogP contribution in [0.3, 0.4) is 0 Å². The molecule has 1 aliphatic rings. The molecule has 1 aromatic carbocycles. The van der Waals surface area contributed by atoms with Gasteiger partial charge in [0.1, 0.15) is 0 Å². The predicted molar refractivity (Wildman–Crippen MR) is 87.4 cm³/mol. The summed E-state index contributed by atoms with van der Waals surface area (Å²) in [6.45, 7) is 4.56. The van der Waals surface area contributed by atoms with Crippen molar-refractivity contribution in [1.82, 2.24) is 9.80 Å². The Morgan fingerprint density at radius 3 is 2.57 bits per heavy atom. The number of hydrogen-bond acceptors (Lipinski definition) is 2. The SMILES string of the molecule is C[C@@H](C(=O)N1CCCCCC1)N(C)Cc1cccc(Cl)c1. The first kappa shape index (κ1) is 16.3. The zero-order valence-corrected chi connectivity index (χ0v) is 13.8. The molecule has 116 valence electrons. The molecule has 4 heteroatoms. The lowest BCUT2D eigenvalue weighted by atomic mass is 10.1. The first-order valence-electron chi connectivity index (χ1n) is 7.81. The van der Waals surface area contributed by atoms with Gasteiger partial charge in [0.25, 0.3) is 0 Å². The zero-order chi connectivity index (χ0) is 15.2.